The number of hydrogen-bond donors (Lipinski definition) is 0. The Morgan fingerprint density at radius 3 is 1.92 bits per heavy atom. The number of aryl methyl sites for hydroxylation is 3. The van der Waals surface area contributed by atoms with Crippen LogP contribution in [0.3, 0.4) is 0 Å². The van der Waals surface area contributed by atoms with Gasteiger partial charge in [0.25, 0.3) is 0 Å². The molecule has 0 fully saturated rings. The van der Waals surface area contributed by atoms with Gasteiger partial charge in [0.2, 0.25) is 0 Å². The Bertz CT molecular complexity index is 283. The van der Waals surface area contributed by atoms with Crippen LogP contribution < -0.4 is 0 Å². The number of rotatable bonds is 1. The SMILES string of the molecule is C/C=C/c1c(C)cc(C)cc1C. The largest absolute Gasteiger partial charge is 0.0870 e. The van der Waals surface area contributed by atoms with Gasteiger partial charge in [-0.1, -0.05) is 29.8 Å². The summed E-state index contributed by atoms with van der Waals surface area (Å²) < 4.78 is 0. The van der Waals surface area contributed by atoms with Gasteiger partial charge in [0.05, 0.1) is 0 Å². The Kier molecular flexibility index (Phi) is 2.69. The van der Waals surface area contributed by atoms with E-state index in [-0.39, 0.29) is 0 Å². The van der Waals surface area contributed by atoms with Crippen molar-refractivity contribution < 1.29 is 0 Å². The lowest BCUT2D eigenvalue weighted by atomic mass is 10.00. The molecule has 0 spiro atoms. The summed E-state index contributed by atoms with van der Waals surface area (Å²) in [5.74, 6) is 0. The zero-order valence-electron chi connectivity index (χ0n) is 8.31. The second kappa shape index (κ2) is 3.57. The predicted molar refractivity (Wildman–Crippen MR) is 55.4 cm³/mol. The average Bonchev–Trinajstić information content (AvgIpc) is 1.96. The minimum Gasteiger partial charge on any atom is -0.0870 e. The van der Waals surface area contributed by atoms with Crippen molar-refractivity contribution in [2.45, 2.75) is 27.7 Å². The highest BCUT2D eigenvalue weighted by Gasteiger charge is 1.98. The van der Waals surface area contributed by atoms with Crippen molar-refractivity contribution in [2.24, 2.45) is 0 Å². The van der Waals surface area contributed by atoms with Gasteiger partial charge in [-0.2, -0.15) is 0 Å². The molecular formula is C12H16. The first-order chi connectivity index (χ1) is 5.65. The Morgan fingerprint density at radius 1 is 1.00 bits per heavy atom. The number of allylic oxidation sites excluding steroid dienone is 1. The van der Waals surface area contributed by atoms with E-state index in [1.54, 1.807) is 0 Å². The van der Waals surface area contributed by atoms with Crippen LogP contribution in [0.1, 0.15) is 29.2 Å². The number of benzene rings is 1. The number of hydrogen-bond acceptors (Lipinski definition) is 0. The third-order valence-electron chi connectivity index (χ3n) is 2.07. The van der Waals surface area contributed by atoms with Crippen LogP contribution in [0.5, 0.6) is 0 Å². The van der Waals surface area contributed by atoms with Crippen molar-refractivity contribution in [1.29, 1.82) is 0 Å². The normalized spacial score (nSPS) is 11.0. The van der Waals surface area contributed by atoms with E-state index in [1.807, 2.05) is 0 Å². The van der Waals surface area contributed by atoms with E-state index in [4.69, 9.17) is 0 Å². The minimum atomic E-state index is 1.35. The molecule has 0 unspecified atom stereocenters. The molecule has 0 N–H and O–H groups in total. The molecule has 0 aromatic heterocycles. The second-order valence-corrected chi connectivity index (χ2v) is 3.31. The van der Waals surface area contributed by atoms with E-state index < -0.39 is 0 Å². The monoisotopic (exact) mass is 160 g/mol. The lowest BCUT2D eigenvalue weighted by Gasteiger charge is -2.06. The highest BCUT2D eigenvalue weighted by molar-refractivity contribution is 5.58. The molecule has 0 heteroatoms. The molecule has 0 saturated carbocycles. The lowest BCUT2D eigenvalue weighted by molar-refractivity contribution is 1.30. The molecule has 0 aliphatic rings. The van der Waals surface area contributed by atoms with Crippen molar-refractivity contribution in [3.8, 4) is 0 Å². The molecule has 0 heterocycles. The van der Waals surface area contributed by atoms with Crippen LogP contribution in [0.25, 0.3) is 6.08 Å². The summed E-state index contributed by atoms with van der Waals surface area (Å²) >= 11 is 0. The van der Waals surface area contributed by atoms with Gasteiger partial charge >= 0.3 is 0 Å². The fourth-order valence-corrected chi connectivity index (χ4v) is 1.62. The molecule has 0 bridgehead atoms. The van der Waals surface area contributed by atoms with Crippen molar-refractivity contribution in [2.75, 3.05) is 0 Å². The molecule has 0 saturated heterocycles. The van der Waals surface area contributed by atoms with Crippen molar-refractivity contribution in [3.05, 3.63) is 40.5 Å². The molecule has 0 aliphatic carbocycles. The fraction of sp³-hybridized carbons (Fsp3) is 0.333. The van der Waals surface area contributed by atoms with Crippen LogP contribution in [-0.4, -0.2) is 0 Å². The van der Waals surface area contributed by atoms with Gasteiger partial charge in [-0.05, 0) is 44.4 Å². The van der Waals surface area contributed by atoms with Crippen LogP contribution >= 0.6 is 0 Å². The molecule has 0 nitrogen and oxygen atoms in total. The maximum absolute atomic E-state index is 2.22. The van der Waals surface area contributed by atoms with Crippen LogP contribution in [0, 0.1) is 20.8 Å². The van der Waals surface area contributed by atoms with Gasteiger partial charge in [0, 0.05) is 0 Å². The van der Waals surface area contributed by atoms with E-state index in [1.165, 1.54) is 22.3 Å². The average molecular weight is 160 g/mol. The highest BCUT2D eigenvalue weighted by Crippen LogP contribution is 2.17. The summed E-state index contributed by atoms with van der Waals surface area (Å²) in [6, 6.07) is 4.45. The lowest BCUT2D eigenvalue weighted by Crippen LogP contribution is -1.87. The second-order valence-electron chi connectivity index (χ2n) is 3.31. The molecule has 64 valence electrons. The molecular weight excluding hydrogens is 144 g/mol. The topological polar surface area (TPSA) is 0 Å². The molecule has 0 atom stereocenters. The fourth-order valence-electron chi connectivity index (χ4n) is 1.62. The highest BCUT2D eigenvalue weighted by atomic mass is 14.0. The van der Waals surface area contributed by atoms with E-state index in [9.17, 15) is 0 Å². The van der Waals surface area contributed by atoms with Crippen LogP contribution in [-0.2, 0) is 0 Å². The first-order valence-electron chi connectivity index (χ1n) is 4.35. The van der Waals surface area contributed by atoms with Crippen LogP contribution in [0.4, 0.5) is 0 Å². The smallest absolute Gasteiger partial charge is 0.0201 e. The van der Waals surface area contributed by atoms with Crippen LogP contribution in [0.2, 0.25) is 0 Å². The van der Waals surface area contributed by atoms with Crippen molar-refractivity contribution >= 4 is 6.08 Å². The molecule has 0 aliphatic heterocycles. The molecule has 1 aromatic rings. The molecule has 1 aromatic carbocycles. The Morgan fingerprint density at radius 2 is 1.50 bits per heavy atom. The van der Waals surface area contributed by atoms with Gasteiger partial charge < -0.3 is 0 Å². The Hall–Kier alpha value is -1.04. The van der Waals surface area contributed by atoms with Gasteiger partial charge in [0.15, 0.2) is 0 Å². The van der Waals surface area contributed by atoms with Gasteiger partial charge in [-0.15, -0.1) is 0 Å². The van der Waals surface area contributed by atoms with Crippen molar-refractivity contribution in [1.82, 2.24) is 0 Å². The Balaban J connectivity index is 3.28. The minimum absolute atomic E-state index is 1.35. The summed E-state index contributed by atoms with van der Waals surface area (Å²) in [5.41, 5.74) is 5.44. The maximum Gasteiger partial charge on any atom is -0.0201 e. The molecule has 0 amide bonds. The summed E-state index contributed by atoms with van der Waals surface area (Å²) in [6.45, 7) is 8.52. The van der Waals surface area contributed by atoms with E-state index in [0.29, 0.717) is 0 Å². The predicted octanol–water partition coefficient (Wildman–Crippen LogP) is 3.64. The third-order valence-corrected chi connectivity index (χ3v) is 2.07. The van der Waals surface area contributed by atoms with Gasteiger partial charge in [-0.3, -0.25) is 0 Å². The molecule has 1 rings (SSSR count). The quantitative estimate of drug-likeness (QED) is 0.588. The van der Waals surface area contributed by atoms with Crippen molar-refractivity contribution in [3.63, 3.8) is 0 Å². The Labute approximate surface area is 74.9 Å². The summed E-state index contributed by atoms with van der Waals surface area (Å²) in [7, 11) is 0. The van der Waals surface area contributed by atoms with E-state index in [2.05, 4.69) is 52.0 Å². The van der Waals surface area contributed by atoms with Gasteiger partial charge in [0.1, 0.15) is 0 Å². The molecule has 0 radical (unpaired) electrons. The summed E-state index contributed by atoms with van der Waals surface area (Å²) in [4.78, 5) is 0. The van der Waals surface area contributed by atoms with Crippen LogP contribution in [0.15, 0.2) is 18.2 Å². The zero-order chi connectivity index (χ0) is 9.14. The maximum atomic E-state index is 2.22. The molecule has 12 heavy (non-hydrogen) atoms. The third kappa shape index (κ3) is 1.76. The summed E-state index contributed by atoms with van der Waals surface area (Å²) in [6.07, 6.45) is 4.26. The first kappa shape index (κ1) is 9.05. The zero-order valence-corrected chi connectivity index (χ0v) is 8.31. The summed E-state index contributed by atoms with van der Waals surface area (Å²) in [5, 5.41) is 0. The van der Waals surface area contributed by atoms with Gasteiger partial charge in [-0.25, -0.2) is 0 Å². The standard InChI is InChI=1S/C12H16/c1-5-6-12-10(3)7-9(2)8-11(12)4/h5-8H,1-4H3/b6-5+. The van der Waals surface area contributed by atoms with E-state index >= 15 is 0 Å². The van der Waals surface area contributed by atoms with E-state index in [0.717, 1.165) is 0 Å². The first-order valence-corrected chi connectivity index (χ1v) is 4.35.